The van der Waals surface area contributed by atoms with Gasteiger partial charge in [-0.15, -0.1) is 0 Å². The first-order chi connectivity index (χ1) is 12.2. The topological polar surface area (TPSA) is 76.7 Å². The molecule has 7 heteroatoms. The van der Waals surface area contributed by atoms with Crippen LogP contribution in [-0.2, 0) is 0 Å². The van der Waals surface area contributed by atoms with Crippen molar-refractivity contribution in [1.82, 2.24) is 14.9 Å². The molecule has 1 aromatic heterocycles. The van der Waals surface area contributed by atoms with Crippen LogP contribution in [0, 0.1) is 0 Å². The summed E-state index contributed by atoms with van der Waals surface area (Å²) in [4.78, 5) is 13.3. The molecular weight excluding hydrogens is 318 g/mol. The predicted octanol–water partition coefficient (Wildman–Crippen LogP) is 1.71. The fourth-order valence-electron chi connectivity index (χ4n) is 3.33. The third-order valence-corrected chi connectivity index (χ3v) is 4.85. The van der Waals surface area contributed by atoms with Crippen LogP contribution in [0.25, 0.3) is 0 Å². The summed E-state index contributed by atoms with van der Waals surface area (Å²) in [6, 6.07) is 6.58. The number of nitrogens with zero attached hydrogens (tertiary/aromatic N) is 4. The summed E-state index contributed by atoms with van der Waals surface area (Å²) >= 11 is 0. The molecular formula is C18H23N5O2. The van der Waals surface area contributed by atoms with Gasteiger partial charge >= 0.3 is 0 Å². The lowest BCUT2D eigenvalue weighted by Crippen LogP contribution is -2.47. The van der Waals surface area contributed by atoms with Crippen LogP contribution in [0.4, 0.5) is 11.6 Å². The highest BCUT2D eigenvalue weighted by Crippen LogP contribution is 2.34. The number of piperazine rings is 1. The number of rotatable bonds is 3. The van der Waals surface area contributed by atoms with Crippen molar-refractivity contribution in [1.29, 1.82) is 0 Å². The van der Waals surface area contributed by atoms with Gasteiger partial charge in [0.25, 0.3) is 0 Å². The fraction of sp³-hybridized carbons (Fsp3) is 0.444. The molecule has 1 aromatic carbocycles. The van der Waals surface area contributed by atoms with Crippen LogP contribution in [0.15, 0.2) is 30.6 Å². The molecule has 132 valence electrons. The number of aromatic nitrogens is 2. The van der Waals surface area contributed by atoms with Gasteiger partial charge in [0.15, 0.2) is 11.5 Å². The molecule has 1 unspecified atom stereocenters. The Hall–Kier alpha value is -2.54. The van der Waals surface area contributed by atoms with Gasteiger partial charge in [-0.1, -0.05) is 6.07 Å². The van der Waals surface area contributed by atoms with Crippen molar-refractivity contribution in [2.24, 2.45) is 0 Å². The Morgan fingerprint density at radius 3 is 2.40 bits per heavy atom. The lowest BCUT2D eigenvalue weighted by molar-refractivity contribution is 0.169. The molecule has 1 fully saturated rings. The Labute approximate surface area is 147 Å². The molecule has 0 amide bonds. The molecule has 2 aliphatic rings. The maximum Gasteiger partial charge on any atom is 0.225 e. The van der Waals surface area contributed by atoms with Crippen molar-refractivity contribution in [3.63, 3.8) is 0 Å². The number of hydrogen-bond donors (Lipinski definition) is 1. The van der Waals surface area contributed by atoms with Gasteiger partial charge in [0.05, 0.1) is 18.1 Å². The molecule has 0 bridgehead atoms. The molecule has 2 aliphatic heterocycles. The normalized spacial score (nSPS) is 18.8. The summed E-state index contributed by atoms with van der Waals surface area (Å²) < 4.78 is 11.3. The van der Waals surface area contributed by atoms with Crippen molar-refractivity contribution in [2.45, 2.75) is 13.0 Å². The first kappa shape index (κ1) is 16.0. The smallest absolute Gasteiger partial charge is 0.225 e. The van der Waals surface area contributed by atoms with Gasteiger partial charge in [0, 0.05) is 32.2 Å². The number of benzene rings is 1. The molecule has 1 atom stereocenters. The van der Waals surface area contributed by atoms with Crippen molar-refractivity contribution < 1.29 is 9.47 Å². The van der Waals surface area contributed by atoms with E-state index in [0.29, 0.717) is 24.9 Å². The largest absolute Gasteiger partial charge is 0.486 e. The zero-order valence-electron chi connectivity index (χ0n) is 14.4. The maximum atomic E-state index is 5.71. The Kier molecular flexibility index (Phi) is 4.31. The van der Waals surface area contributed by atoms with E-state index in [4.69, 9.17) is 15.2 Å². The van der Waals surface area contributed by atoms with Crippen LogP contribution in [0.2, 0.25) is 0 Å². The third kappa shape index (κ3) is 3.32. The van der Waals surface area contributed by atoms with Gasteiger partial charge in [-0.25, -0.2) is 9.97 Å². The summed E-state index contributed by atoms with van der Waals surface area (Å²) in [6.07, 6.45) is 3.32. The zero-order valence-corrected chi connectivity index (χ0v) is 14.4. The molecule has 4 rings (SSSR count). The molecule has 0 spiro atoms. The maximum absolute atomic E-state index is 5.71. The van der Waals surface area contributed by atoms with Crippen molar-refractivity contribution in [3.8, 4) is 11.5 Å². The van der Waals surface area contributed by atoms with Gasteiger partial charge in [0.2, 0.25) is 5.95 Å². The van der Waals surface area contributed by atoms with E-state index >= 15 is 0 Å². The third-order valence-electron chi connectivity index (χ3n) is 4.85. The Balaban J connectivity index is 1.41. The van der Waals surface area contributed by atoms with Crippen LogP contribution in [0.5, 0.6) is 11.5 Å². The Morgan fingerprint density at radius 2 is 1.68 bits per heavy atom. The van der Waals surface area contributed by atoms with Crippen molar-refractivity contribution in [3.05, 3.63) is 36.2 Å². The van der Waals surface area contributed by atoms with E-state index in [9.17, 15) is 0 Å². The van der Waals surface area contributed by atoms with Crippen LogP contribution >= 0.6 is 0 Å². The number of anilines is 2. The summed E-state index contributed by atoms with van der Waals surface area (Å²) in [7, 11) is 0. The predicted molar refractivity (Wildman–Crippen MR) is 96.1 cm³/mol. The van der Waals surface area contributed by atoms with Crippen LogP contribution < -0.4 is 20.1 Å². The molecule has 0 aliphatic carbocycles. The Bertz CT molecular complexity index is 729. The van der Waals surface area contributed by atoms with Crippen molar-refractivity contribution in [2.75, 3.05) is 50.0 Å². The number of nitrogen functional groups attached to an aromatic ring is 1. The highest BCUT2D eigenvalue weighted by molar-refractivity contribution is 5.44. The molecule has 2 N–H and O–H groups in total. The molecule has 0 radical (unpaired) electrons. The van der Waals surface area contributed by atoms with E-state index in [-0.39, 0.29) is 0 Å². The highest BCUT2D eigenvalue weighted by atomic mass is 16.6. The second-order valence-electron chi connectivity index (χ2n) is 6.42. The average Bonchev–Trinajstić information content (AvgIpc) is 2.68. The number of hydrogen-bond acceptors (Lipinski definition) is 7. The highest BCUT2D eigenvalue weighted by Gasteiger charge is 2.24. The number of fused-ring (bicyclic) bond motifs is 1. The second kappa shape index (κ2) is 6.76. The minimum absolute atomic E-state index is 0.324. The lowest BCUT2D eigenvalue weighted by atomic mass is 10.0. The van der Waals surface area contributed by atoms with Crippen LogP contribution in [0.3, 0.4) is 0 Å². The summed E-state index contributed by atoms with van der Waals surface area (Å²) in [5.41, 5.74) is 7.50. The summed E-state index contributed by atoms with van der Waals surface area (Å²) in [5.74, 6) is 2.44. The van der Waals surface area contributed by atoms with E-state index in [1.807, 2.05) is 6.07 Å². The van der Waals surface area contributed by atoms with E-state index in [0.717, 1.165) is 43.6 Å². The van der Waals surface area contributed by atoms with Crippen molar-refractivity contribution >= 4 is 11.6 Å². The van der Waals surface area contributed by atoms with E-state index in [2.05, 4.69) is 38.8 Å². The second-order valence-corrected chi connectivity index (χ2v) is 6.42. The van der Waals surface area contributed by atoms with E-state index in [1.165, 1.54) is 5.56 Å². The summed E-state index contributed by atoms with van der Waals surface area (Å²) in [6.45, 7) is 7.20. The zero-order chi connectivity index (χ0) is 17.2. The molecule has 7 nitrogen and oxygen atoms in total. The Morgan fingerprint density at radius 1 is 1.00 bits per heavy atom. The van der Waals surface area contributed by atoms with Gasteiger partial charge < -0.3 is 20.1 Å². The summed E-state index contributed by atoms with van der Waals surface area (Å²) in [5, 5.41) is 0. The van der Waals surface area contributed by atoms with Gasteiger partial charge in [-0.3, -0.25) is 4.90 Å². The van der Waals surface area contributed by atoms with Gasteiger partial charge in [-0.05, 0) is 24.6 Å². The van der Waals surface area contributed by atoms with E-state index in [1.54, 1.807) is 12.4 Å². The van der Waals surface area contributed by atoms with E-state index < -0.39 is 0 Å². The standard InChI is InChI=1S/C18H23N5O2/c1-13(14-2-3-16-17(10-14)25-9-8-24-16)22-4-6-23(7-5-22)18-20-11-15(19)12-21-18/h2-3,10-13H,4-9,19H2,1H3. The number of nitrogens with two attached hydrogens (primary N) is 1. The molecule has 2 aromatic rings. The monoisotopic (exact) mass is 341 g/mol. The SMILES string of the molecule is CC(c1ccc2c(c1)OCCO2)N1CCN(c2ncc(N)cn2)CC1. The van der Waals surface area contributed by atoms with Gasteiger partial charge in [-0.2, -0.15) is 0 Å². The van der Waals surface area contributed by atoms with Gasteiger partial charge in [0.1, 0.15) is 13.2 Å². The van der Waals surface area contributed by atoms with Crippen LogP contribution in [-0.4, -0.2) is 54.3 Å². The molecule has 3 heterocycles. The molecule has 1 saturated heterocycles. The molecule has 25 heavy (non-hydrogen) atoms. The fourth-order valence-corrected chi connectivity index (χ4v) is 3.33. The quantitative estimate of drug-likeness (QED) is 0.911. The first-order valence-electron chi connectivity index (χ1n) is 8.67. The number of ether oxygens (including phenoxy) is 2. The minimum Gasteiger partial charge on any atom is -0.486 e. The minimum atomic E-state index is 0.324. The lowest BCUT2D eigenvalue weighted by Gasteiger charge is -2.38. The van der Waals surface area contributed by atoms with Crippen LogP contribution in [0.1, 0.15) is 18.5 Å². The average molecular weight is 341 g/mol. The first-order valence-corrected chi connectivity index (χ1v) is 8.67. The molecule has 0 saturated carbocycles.